The van der Waals surface area contributed by atoms with Crippen LogP contribution in [0.4, 0.5) is 11.5 Å². The summed E-state index contributed by atoms with van der Waals surface area (Å²) in [6.07, 6.45) is 3.81. The van der Waals surface area contributed by atoms with E-state index in [0.717, 1.165) is 29.3 Å². The first-order valence-electron chi connectivity index (χ1n) is 5.66. The van der Waals surface area contributed by atoms with Crippen LogP contribution in [-0.4, -0.2) is 19.6 Å². The normalized spacial score (nSPS) is 10.8. The molecular formula is C11H18N6. The van der Waals surface area contributed by atoms with Crippen molar-refractivity contribution in [3.63, 3.8) is 0 Å². The van der Waals surface area contributed by atoms with Gasteiger partial charge in [0, 0.05) is 31.9 Å². The molecule has 0 unspecified atom stereocenters. The minimum atomic E-state index is 0.698. The van der Waals surface area contributed by atoms with Crippen LogP contribution in [-0.2, 0) is 20.1 Å². The van der Waals surface area contributed by atoms with Crippen molar-refractivity contribution in [2.45, 2.75) is 26.9 Å². The molecule has 0 aromatic carbocycles. The Morgan fingerprint density at radius 3 is 2.82 bits per heavy atom. The van der Waals surface area contributed by atoms with Gasteiger partial charge >= 0.3 is 0 Å². The van der Waals surface area contributed by atoms with Gasteiger partial charge < -0.3 is 11.1 Å². The number of nitrogens with zero attached hydrogens (tertiary/aromatic N) is 4. The van der Waals surface area contributed by atoms with Crippen LogP contribution in [0.15, 0.2) is 12.4 Å². The third kappa shape index (κ3) is 2.25. The Morgan fingerprint density at radius 2 is 2.24 bits per heavy atom. The summed E-state index contributed by atoms with van der Waals surface area (Å²) in [7, 11) is 1.90. The van der Waals surface area contributed by atoms with Gasteiger partial charge in [0.05, 0.1) is 17.6 Å². The third-order valence-electron chi connectivity index (χ3n) is 2.69. The van der Waals surface area contributed by atoms with Crippen molar-refractivity contribution in [3.8, 4) is 0 Å². The number of nitrogens with one attached hydrogen (secondary N) is 1. The summed E-state index contributed by atoms with van der Waals surface area (Å²) in [4.78, 5) is 0. The average molecular weight is 234 g/mol. The molecule has 0 aliphatic carbocycles. The molecule has 0 atom stereocenters. The molecule has 0 fully saturated rings. The van der Waals surface area contributed by atoms with E-state index in [9.17, 15) is 0 Å². The minimum Gasteiger partial charge on any atom is -0.394 e. The monoisotopic (exact) mass is 234 g/mol. The summed E-state index contributed by atoms with van der Waals surface area (Å²) >= 11 is 0. The summed E-state index contributed by atoms with van der Waals surface area (Å²) in [6, 6.07) is 0. The molecule has 3 N–H and O–H groups in total. The number of nitrogen functional groups attached to an aromatic ring is 1. The largest absolute Gasteiger partial charge is 0.394 e. The first-order valence-corrected chi connectivity index (χ1v) is 5.66. The highest BCUT2D eigenvalue weighted by atomic mass is 15.3. The minimum absolute atomic E-state index is 0.698. The van der Waals surface area contributed by atoms with E-state index in [1.165, 1.54) is 0 Å². The lowest BCUT2D eigenvalue weighted by Gasteiger charge is -2.07. The van der Waals surface area contributed by atoms with Crippen LogP contribution >= 0.6 is 0 Å². The van der Waals surface area contributed by atoms with Crippen LogP contribution in [0.1, 0.15) is 18.2 Å². The van der Waals surface area contributed by atoms with E-state index in [2.05, 4.69) is 15.5 Å². The standard InChI is InChI=1S/C11H18N6/c1-4-17-11(10(12)8(2)15-17)13-5-9-6-14-16(3)7-9/h6-7,13H,4-5,12H2,1-3H3. The fourth-order valence-electron chi connectivity index (χ4n) is 1.76. The molecule has 0 spiro atoms. The van der Waals surface area contributed by atoms with Crippen LogP contribution in [0.3, 0.4) is 0 Å². The zero-order valence-corrected chi connectivity index (χ0v) is 10.4. The average Bonchev–Trinajstić information content (AvgIpc) is 2.83. The fourth-order valence-corrected chi connectivity index (χ4v) is 1.76. The van der Waals surface area contributed by atoms with E-state index in [1.54, 1.807) is 4.68 Å². The number of rotatable bonds is 4. The number of aromatic nitrogens is 4. The lowest BCUT2D eigenvalue weighted by Crippen LogP contribution is -2.07. The maximum atomic E-state index is 5.98. The zero-order valence-electron chi connectivity index (χ0n) is 10.4. The summed E-state index contributed by atoms with van der Waals surface area (Å²) in [6.45, 7) is 5.45. The van der Waals surface area contributed by atoms with Gasteiger partial charge in [-0.2, -0.15) is 10.2 Å². The lowest BCUT2D eigenvalue weighted by atomic mass is 10.3. The quantitative estimate of drug-likeness (QED) is 0.832. The van der Waals surface area contributed by atoms with Gasteiger partial charge in [-0.1, -0.05) is 0 Å². The number of nitrogens with two attached hydrogens (primary N) is 1. The Morgan fingerprint density at radius 1 is 1.47 bits per heavy atom. The number of hydrogen-bond acceptors (Lipinski definition) is 4. The predicted molar refractivity (Wildman–Crippen MR) is 67.6 cm³/mol. The van der Waals surface area contributed by atoms with E-state index in [4.69, 9.17) is 5.73 Å². The molecule has 17 heavy (non-hydrogen) atoms. The van der Waals surface area contributed by atoms with Crippen LogP contribution in [0, 0.1) is 6.92 Å². The molecule has 0 radical (unpaired) electrons. The van der Waals surface area contributed by atoms with Crippen molar-refractivity contribution in [3.05, 3.63) is 23.7 Å². The molecule has 0 aliphatic rings. The SMILES string of the molecule is CCn1nc(C)c(N)c1NCc1cnn(C)c1. The fraction of sp³-hybridized carbons (Fsp3) is 0.455. The summed E-state index contributed by atoms with van der Waals surface area (Å²) < 4.78 is 3.66. The molecule has 0 saturated heterocycles. The summed E-state index contributed by atoms with van der Waals surface area (Å²) in [5.41, 5.74) is 8.68. The second-order valence-electron chi connectivity index (χ2n) is 4.04. The van der Waals surface area contributed by atoms with E-state index < -0.39 is 0 Å². The van der Waals surface area contributed by atoms with Crippen molar-refractivity contribution in [1.29, 1.82) is 0 Å². The molecule has 0 amide bonds. The smallest absolute Gasteiger partial charge is 0.148 e. The van der Waals surface area contributed by atoms with Crippen molar-refractivity contribution < 1.29 is 0 Å². The number of aryl methyl sites for hydroxylation is 3. The van der Waals surface area contributed by atoms with Gasteiger partial charge in [-0.3, -0.25) is 4.68 Å². The molecule has 0 bridgehead atoms. The molecular weight excluding hydrogens is 216 g/mol. The molecule has 92 valence electrons. The Labute approximate surface area is 100 Å². The van der Waals surface area contributed by atoms with Crippen molar-refractivity contribution in [2.75, 3.05) is 11.1 Å². The van der Waals surface area contributed by atoms with Crippen LogP contribution in [0.25, 0.3) is 0 Å². The summed E-state index contributed by atoms with van der Waals surface area (Å²) in [5.74, 6) is 0.883. The number of hydrogen-bond donors (Lipinski definition) is 2. The van der Waals surface area contributed by atoms with E-state index in [-0.39, 0.29) is 0 Å². The number of anilines is 2. The van der Waals surface area contributed by atoms with Gasteiger partial charge in [0.1, 0.15) is 5.82 Å². The van der Waals surface area contributed by atoms with Crippen molar-refractivity contribution in [1.82, 2.24) is 19.6 Å². The first-order chi connectivity index (χ1) is 8.11. The molecule has 2 rings (SSSR count). The van der Waals surface area contributed by atoms with Gasteiger partial charge in [0.15, 0.2) is 0 Å². The molecule has 0 saturated carbocycles. The van der Waals surface area contributed by atoms with Crippen molar-refractivity contribution >= 4 is 11.5 Å². The predicted octanol–water partition coefficient (Wildman–Crippen LogP) is 1.14. The maximum absolute atomic E-state index is 5.98. The zero-order chi connectivity index (χ0) is 12.4. The highest BCUT2D eigenvalue weighted by molar-refractivity contribution is 5.64. The third-order valence-corrected chi connectivity index (χ3v) is 2.69. The Bertz CT molecular complexity index is 510. The van der Waals surface area contributed by atoms with Gasteiger partial charge in [0.2, 0.25) is 0 Å². The van der Waals surface area contributed by atoms with E-state index in [0.29, 0.717) is 6.54 Å². The second kappa shape index (κ2) is 4.48. The highest BCUT2D eigenvalue weighted by Crippen LogP contribution is 2.22. The maximum Gasteiger partial charge on any atom is 0.148 e. The van der Waals surface area contributed by atoms with Gasteiger partial charge in [-0.15, -0.1) is 0 Å². The van der Waals surface area contributed by atoms with E-state index in [1.807, 2.05) is 38.0 Å². The van der Waals surface area contributed by atoms with Crippen LogP contribution < -0.4 is 11.1 Å². The molecule has 2 aromatic rings. The second-order valence-corrected chi connectivity index (χ2v) is 4.04. The Balaban J connectivity index is 2.13. The van der Waals surface area contributed by atoms with Crippen LogP contribution in [0.5, 0.6) is 0 Å². The molecule has 2 heterocycles. The van der Waals surface area contributed by atoms with Gasteiger partial charge in [-0.25, -0.2) is 4.68 Å². The van der Waals surface area contributed by atoms with Gasteiger partial charge in [-0.05, 0) is 13.8 Å². The molecule has 6 heteroatoms. The van der Waals surface area contributed by atoms with E-state index >= 15 is 0 Å². The van der Waals surface area contributed by atoms with Gasteiger partial charge in [0.25, 0.3) is 0 Å². The Kier molecular flexibility index (Phi) is 3.03. The first kappa shape index (κ1) is 11.5. The lowest BCUT2D eigenvalue weighted by molar-refractivity contribution is 0.657. The summed E-state index contributed by atoms with van der Waals surface area (Å²) in [5, 5.41) is 11.8. The molecule has 0 aliphatic heterocycles. The molecule has 6 nitrogen and oxygen atoms in total. The Hall–Kier alpha value is -1.98. The topological polar surface area (TPSA) is 73.7 Å². The van der Waals surface area contributed by atoms with Crippen molar-refractivity contribution in [2.24, 2.45) is 7.05 Å². The highest BCUT2D eigenvalue weighted by Gasteiger charge is 2.10. The van der Waals surface area contributed by atoms with Crippen LogP contribution in [0.2, 0.25) is 0 Å². The molecule has 2 aromatic heterocycles.